The Kier molecular flexibility index (Phi) is 4.88. The highest BCUT2D eigenvalue weighted by atomic mass is 32.2. The number of carboxylic acid groups (broad SMARTS) is 1. The van der Waals surface area contributed by atoms with Crippen molar-refractivity contribution in [1.29, 1.82) is 0 Å². The van der Waals surface area contributed by atoms with Crippen LogP contribution in [0.5, 0.6) is 0 Å². The Morgan fingerprint density at radius 2 is 1.78 bits per heavy atom. The number of carbonyl (C=O) groups is 1. The number of amides is 1. The molecule has 0 heterocycles. The van der Waals surface area contributed by atoms with Crippen LogP contribution in [0.2, 0.25) is 0 Å². The van der Waals surface area contributed by atoms with Gasteiger partial charge in [0.2, 0.25) is 0 Å². The molecule has 0 aliphatic heterocycles. The maximum absolute atomic E-state index is 12.7. The minimum Gasteiger partial charge on any atom is -0.465 e. The van der Waals surface area contributed by atoms with Gasteiger partial charge in [0.1, 0.15) is 0 Å². The molecular formula is C14H16F3NO4S. The van der Waals surface area contributed by atoms with Crippen LogP contribution >= 0.6 is 0 Å². The maximum Gasteiger partial charge on any atom is 0.416 e. The summed E-state index contributed by atoms with van der Waals surface area (Å²) in [5.41, 5.74) is -1.00. The number of hydrogen-bond donors (Lipinski definition) is 2. The van der Waals surface area contributed by atoms with Crippen LogP contribution in [0, 0.1) is 0 Å². The van der Waals surface area contributed by atoms with Gasteiger partial charge in [-0.05, 0) is 43.9 Å². The van der Waals surface area contributed by atoms with Crippen molar-refractivity contribution in [3.05, 3.63) is 29.8 Å². The molecule has 5 nitrogen and oxygen atoms in total. The summed E-state index contributed by atoms with van der Waals surface area (Å²) in [5, 5.41) is 10.1. The molecule has 1 aliphatic carbocycles. The molecule has 0 bridgehead atoms. The Bertz CT molecular complexity index is 680. The van der Waals surface area contributed by atoms with Gasteiger partial charge in [0.05, 0.1) is 15.7 Å². The summed E-state index contributed by atoms with van der Waals surface area (Å²) in [5.74, 6) is 0. The molecule has 1 amide bonds. The van der Waals surface area contributed by atoms with Crippen molar-refractivity contribution in [2.24, 2.45) is 0 Å². The second-order valence-electron chi connectivity index (χ2n) is 5.49. The van der Waals surface area contributed by atoms with E-state index in [0.717, 1.165) is 18.2 Å². The number of nitrogens with one attached hydrogen (secondary N) is 1. The number of alkyl halides is 3. The Balaban J connectivity index is 2.16. The van der Waals surface area contributed by atoms with E-state index < -0.39 is 32.9 Å². The Morgan fingerprint density at radius 1 is 1.17 bits per heavy atom. The van der Waals surface area contributed by atoms with E-state index in [4.69, 9.17) is 5.11 Å². The highest BCUT2D eigenvalue weighted by Crippen LogP contribution is 2.33. The first-order valence-electron chi connectivity index (χ1n) is 7.01. The SMILES string of the molecule is O=C(O)NC1CCC(S(=O)(=O)c2cccc(C(F)(F)F)c2)CC1. The van der Waals surface area contributed by atoms with Crippen LogP contribution in [0.4, 0.5) is 18.0 Å². The van der Waals surface area contributed by atoms with Crippen molar-refractivity contribution in [3.63, 3.8) is 0 Å². The molecule has 9 heteroatoms. The first kappa shape index (κ1) is 17.6. The van der Waals surface area contributed by atoms with Crippen LogP contribution in [0.25, 0.3) is 0 Å². The topological polar surface area (TPSA) is 83.5 Å². The lowest BCUT2D eigenvalue weighted by Crippen LogP contribution is -2.39. The molecule has 0 atom stereocenters. The summed E-state index contributed by atoms with van der Waals surface area (Å²) in [6.45, 7) is 0. The number of benzene rings is 1. The zero-order valence-corrected chi connectivity index (χ0v) is 12.8. The fraction of sp³-hybridized carbons (Fsp3) is 0.500. The average molecular weight is 351 g/mol. The van der Waals surface area contributed by atoms with Gasteiger partial charge in [-0.1, -0.05) is 6.07 Å². The largest absolute Gasteiger partial charge is 0.465 e. The summed E-state index contributed by atoms with van der Waals surface area (Å²) < 4.78 is 63.1. The van der Waals surface area contributed by atoms with E-state index in [1.54, 1.807) is 0 Å². The zero-order chi connectivity index (χ0) is 17.3. The van der Waals surface area contributed by atoms with Crippen molar-refractivity contribution in [2.75, 3.05) is 0 Å². The monoisotopic (exact) mass is 351 g/mol. The van der Waals surface area contributed by atoms with Crippen molar-refractivity contribution < 1.29 is 31.5 Å². The van der Waals surface area contributed by atoms with Gasteiger partial charge in [-0.15, -0.1) is 0 Å². The lowest BCUT2D eigenvalue weighted by molar-refractivity contribution is -0.137. The summed E-state index contributed by atoms with van der Waals surface area (Å²) in [6, 6.07) is 3.39. The summed E-state index contributed by atoms with van der Waals surface area (Å²) in [6.07, 6.45) is -4.67. The van der Waals surface area contributed by atoms with E-state index in [9.17, 15) is 26.4 Å². The number of hydrogen-bond acceptors (Lipinski definition) is 3. The van der Waals surface area contributed by atoms with Gasteiger partial charge in [-0.3, -0.25) is 0 Å². The number of rotatable bonds is 3. The van der Waals surface area contributed by atoms with E-state index in [-0.39, 0.29) is 23.8 Å². The molecule has 0 unspecified atom stereocenters. The second kappa shape index (κ2) is 6.38. The van der Waals surface area contributed by atoms with Crippen LogP contribution in [0.3, 0.4) is 0 Å². The highest BCUT2D eigenvalue weighted by molar-refractivity contribution is 7.92. The fourth-order valence-electron chi connectivity index (χ4n) is 2.73. The Hall–Kier alpha value is -1.77. The van der Waals surface area contributed by atoms with Crippen LogP contribution in [-0.4, -0.2) is 30.9 Å². The molecule has 0 aromatic heterocycles. The predicted octanol–water partition coefficient (Wildman–Crippen LogP) is 3.06. The number of sulfone groups is 1. The smallest absolute Gasteiger partial charge is 0.416 e. The van der Waals surface area contributed by atoms with Crippen molar-refractivity contribution in [2.45, 2.75) is 48.0 Å². The first-order valence-corrected chi connectivity index (χ1v) is 8.56. The molecule has 1 saturated carbocycles. The van der Waals surface area contributed by atoms with Gasteiger partial charge in [-0.2, -0.15) is 13.2 Å². The molecule has 23 heavy (non-hydrogen) atoms. The molecule has 2 rings (SSSR count). The van der Waals surface area contributed by atoms with Crippen LogP contribution in [-0.2, 0) is 16.0 Å². The van der Waals surface area contributed by atoms with E-state index in [2.05, 4.69) is 5.32 Å². The van der Waals surface area contributed by atoms with Crippen LogP contribution < -0.4 is 5.32 Å². The third kappa shape index (κ3) is 4.15. The molecule has 128 valence electrons. The minimum absolute atomic E-state index is 0.212. The van der Waals surface area contributed by atoms with Crippen molar-refractivity contribution >= 4 is 15.9 Å². The van der Waals surface area contributed by atoms with Gasteiger partial charge < -0.3 is 10.4 Å². The van der Waals surface area contributed by atoms with Crippen molar-refractivity contribution in [3.8, 4) is 0 Å². The minimum atomic E-state index is -4.60. The van der Waals surface area contributed by atoms with E-state index in [0.29, 0.717) is 18.9 Å². The summed E-state index contributed by atoms with van der Waals surface area (Å²) in [7, 11) is -3.87. The normalized spacial score (nSPS) is 22.6. The van der Waals surface area contributed by atoms with Gasteiger partial charge in [-0.25, -0.2) is 13.2 Å². The van der Waals surface area contributed by atoms with Crippen molar-refractivity contribution in [1.82, 2.24) is 5.32 Å². The Morgan fingerprint density at radius 3 is 2.30 bits per heavy atom. The summed E-state index contributed by atoms with van der Waals surface area (Å²) >= 11 is 0. The molecule has 0 radical (unpaired) electrons. The molecule has 0 spiro atoms. The second-order valence-corrected chi connectivity index (χ2v) is 7.72. The van der Waals surface area contributed by atoms with Gasteiger partial charge in [0, 0.05) is 6.04 Å². The molecule has 1 aliphatic rings. The van der Waals surface area contributed by atoms with Gasteiger partial charge in [0.25, 0.3) is 0 Å². The molecule has 1 aromatic carbocycles. The van der Waals surface area contributed by atoms with Crippen LogP contribution in [0.15, 0.2) is 29.2 Å². The quantitative estimate of drug-likeness (QED) is 0.877. The molecule has 0 saturated heterocycles. The molecule has 1 aromatic rings. The highest BCUT2D eigenvalue weighted by Gasteiger charge is 2.35. The Labute approximate surface area is 131 Å². The fourth-order valence-corrected chi connectivity index (χ4v) is 4.57. The van der Waals surface area contributed by atoms with E-state index in [1.807, 2.05) is 0 Å². The van der Waals surface area contributed by atoms with E-state index in [1.165, 1.54) is 0 Å². The maximum atomic E-state index is 12.7. The third-order valence-electron chi connectivity index (χ3n) is 3.93. The van der Waals surface area contributed by atoms with Gasteiger partial charge >= 0.3 is 12.3 Å². The lowest BCUT2D eigenvalue weighted by atomic mass is 9.95. The molecule has 1 fully saturated rings. The molecular weight excluding hydrogens is 335 g/mol. The van der Waals surface area contributed by atoms with Gasteiger partial charge in [0.15, 0.2) is 9.84 Å². The van der Waals surface area contributed by atoms with Crippen LogP contribution in [0.1, 0.15) is 31.2 Å². The number of halogens is 3. The standard InChI is InChI=1S/C14H16F3NO4S/c15-14(16,17)9-2-1-3-12(8-9)23(21,22)11-6-4-10(5-7-11)18-13(19)20/h1-3,8,10-11,18H,4-7H2,(H,19,20). The zero-order valence-electron chi connectivity index (χ0n) is 12.0. The molecule has 2 N–H and O–H groups in total. The third-order valence-corrected chi connectivity index (χ3v) is 6.19. The lowest BCUT2D eigenvalue weighted by Gasteiger charge is -2.28. The first-order chi connectivity index (χ1) is 10.6. The van der Waals surface area contributed by atoms with E-state index >= 15 is 0 Å². The average Bonchev–Trinajstić information content (AvgIpc) is 2.46. The summed E-state index contributed by atoms with van der Waals surface area (Å²) in [4.78, 5) is 10.2. The predicted molar refractivity (Wildman–Crippen MR) is 75.8 cm³/mol.